The van der Waals surface area contributed by atoms with Crippen LogP contribution in [0.15, 0.2) is 0 Å². The van der Waals surface area contributed by atoms with E-state index in [1.165, 1.54) is 0 Å². The van der Waals surface area contributed by atoms with Gasteiger partial charge in [-0.05, 0) is 50.0 Å². The van der Waals surface area contributed by atoms with E-state index in [0.717, 1.165) is 25.7 Å². The summed E-state index contributed by atoms with van der Waals surface area (Å²) in [6, 6.07) is -0.188. The van der Waals surface area contributed by atoms with Crippen molar-refractivity contribution in [1.82, 2.24) is 5.32 Å². The molecule has 1 amide bonds. The number of nitrogens with two attached hydrogens (primary N) is 1. The number of nitrogens with one attached hydrogen (secondary N) is 1. The van der Waals surface area contributed by atoms with Crippen molar-refractivity contribution < 1.29 is 14.7 Å². The van der Waals surface area contributed by atoms with E-state index in [-0.39, 0.29) is 18.4 Å². The molecule has 2 atom stereocenters. The van der Waals surface area contributed by atoms with Gasteiger partial charge in [-0.1, -0.05) is 13.8 Å². The van der Waals surface area contributed by atoms with E-state index in [1.807, 2.05) is 0 Å². The molecule has 116 valence electrons. The third-order valence-electron chi connectivity index (χ3n) is 4.15. The lowest BCUT2D eigenvalue weighted by Gasteiger charge is -2.21. The fourth-order valence-corrected chi connectivity index (χ4v) is 2.64. The van der Waals surface area contributed by atoms with Crippen LogP contribution in [-0.2, 0) is 9.59 Å². The van der Waals surface area contributed by atoms with Gasteiger partial charge in [0.25, 0.3) is 0 Å². The minimum absolute atomic E-state index is 0.0224. The third-order valence-corrected chi connectivity index (χ3v) is 4.15. The van der Waals surface area contributed by atoms with E-state index in [4.69, 9.17) is 10.8 Å². The van der Waals surface area contributed by atoms with Crippen LogP contribution in [0.25, 0.3) is 0 Å². The molecule has 0 aromatic carbocycles. The van der Waals surface area contributed by atoms with Crippen LogP contribution in [0.2, 0.25) is 0 Å². The summed E-state index contributed by atoms with van der Waals surface area (Å²) in [6.45, 7) is 4.94. The molecule has 5 heteroatoms. The molecule has 20 heavy (non-hydrogen) atoms. The molecule has 1 aliphatic rings. The SMILES string of the molecule is CC(C)C(CCN)CCC(=O)NC(CC(=O)O)C1CC1. The number of amides is 1. The summed E-state index contributed by atoms with van der Waals surface area (Å²) in [5.41, 5.74) is 5.59. The molecule has 5 nitrogen and oxygen atoms in total. The summed E-state index contributed by atoms with van der Waals surface area (Å²) in [7, 11) is 0. The zero-order chi connectivity index (χ0) is 15.1. The average Bonchev–Trinajstić information content (AvgIpc) is 3.16. The maximum Gasteiger partial charge on any atom is 0.305 e. The van der Waals surface area contributed by atoms with Crippen molar-refractivity contribution in [3.8, 4) is 0 Å². The highest BCUT2D eigenvalue weighted by molar-refractivity contribution is 5.77. The first kappa shape index (κ1) is 17.0. The number of hydrogen-bond donors (Lipinski definition) is 3. The second-order valence-corrected chi connectivity index (χ2v) is 6.23. The van der Waals surface area contributed by atoms with Gasteiger partial charge >= 0.3 is 5.97 Å². The molecule has 1 fully saturated rings. The number of aliphatic carboxylic acids is 1. The van der Waals surface area contributed by atoms with Crippen LogP contribution in [0.4, 0.5) is 0 Å². The van der Waals surface area contributed by atoms with Crippen LogP contribution in [-0.4, -0.2) is 29.6 Å². The molecule has 1 rings (SSSR count). The Morgan fingerprint density at radius 1 is 1.30 bits per heavy atom. The van der Waals surface area contributed by atoms with Crippen LogP contribution in [0, 0.1) is 17.8 Å². The van der Waals surface area contributed by atoms with Gasteiger partial charge in [0.15, 0.2) is 0 Å². The largest absolute Gasteiger partial charge is 0.481 e. The highest BCUT2D eigenvalue weighted by Gasteiger charge is 2.33. The van der Waals surface area contributed by atoms with Crippen LogP contribution >= 0.6 is 0 Å². The monoisotopic (exact) mass is 284 g/mol. The van der Waals surface area contributed by atoms with Crippen molar-refractivity contribution in [3.05, 3.63) is 0 Å². The molecule has 0 bridgehead atoms. The van der Waals surface area contributed by atoms with E-state index in [0.29, 0.717) is 30.7 Å². The van der Waals surface area contributed by atoms with Crippen molar-refractivity contribution in [2.75, 3.05) is 6.54 Å². The van der Waals surface area contributed by atoms with Gasteiger partial charge in [-0.2, -0.15) is 0 Å². The fourth-order valence-electron chi connectivity index (χ4n) is 2.64. The van der Waals surface area contributed by atoms with Crippen molar-refractivity contribution >= 4 is 11.9 Å². The lowest BCUT2D eigenvalue weighted by Crippen LogP contribution is -2.38. The second-order valence-electron chi connectivity index (χ2n) is 6.23. The molecule has 1 aliphatic carbocycles. The van der Waals surface area contributed by atoms with E-state index >= 15 is 0 Å². The summed E-state index contributed by atoms with van der Waals surface area (Å²) >= 11 is 0. The van der Waals surface area contributed by atoms with Gasteiger partial charge in [0, 0.05) is 12.5 Å². The number of carbonyl (C=O) groups excluding carboxylic acids is 1. The quantitative estimate of drug-likeness (QED) is 0.570. The summed E-state index contributed by atoms with van der Waals surface area (Å²) in [5, 5.41) is 11.8. The van der Waals surface area contributed by atoms with Crippen LogP contribution in [0.3, 0.4) is 0 Å². The van der Waals surface area contributed by atoms with Gasteiger partial charge < -0.3 is 16.2 Å². The normalized spacial score (nSPS) is 17.8. The Morgan fingerprint density at radius 2 is 1.95 bits per heavy atom. The minimum Gasteiger partial charge on any atom is -0.481 e. The van der Waals surface area contributed by atoms with Crippen molar-refractivity contribution in [2.24, 2.45) is 23.5 Å². The Labute approximate surface area is 121 Å². The van der Waals surface area contributed by atoms with Crippen molar-refractivity contribution in [3.63, 3.8) is 0 Å². The van der Waals surface area contributed by atoms with Gasteiger partial charge in [0.05, 0.1) is 6.42 Å². The number of rotatable bonds is 10. The van der Waals surface area contributed by atoms with E-state index in [2.05, 4.69) is 19.2 Å². The Balaban J connectivity index is 2.35. The Hall–Kier alpha value is -1.10. The average molecular weight is 284 g/mol. The topological polar surface area (TPSA) is 92.4 Å². The molecule has 0 aliphatic heterocycles. The summed E-state index contributed by atoms with van der Waals surface area (Å²) in [6.07, 6.45) is 4.32. The molecule has 0 heterocycles. The number of hydrogen-bond acceptors (Lipinski definition) is 3. The first-order valence-corrected chi connectivity index (χ1v) is 7.65. The van der Waals surface area contributed by atoms with Gasteiger partial charge in [-0.15, -0.1) is 0 Å². The number of carboxylic acid groups (broad SMARTS) is 1. The smallest absolute Gasteiger partial charge is 0.305 e. The van der Waals surface area contributed by atoms with E-state index in [9.17, 15) is 9.59 Å². The first-order chi connectivity index (χ1) is 9.43. The maximum absolute atomic E-state index is 12.0. The highest BCUT2D eigenvalue weighted by atomic mass is 16.4. The second kappa shape index (κ2) is 8.25. The van der Waals surface area contributed by atoms with Crippen LogP contribution in [0.1, 0.15) is 52.4 Å². The van der Waals surface area contributed by atoms with Gasteiger partial charge in [0.1, 0.15) is 0 Å². The summed E-state index contributed by atoms with van der Waals surface area (Å²) < 4.78 is 0. The zero-order valence-corrected chi connectivity index (χ0v) is 12.6. The number of carbonyl (C=O) groups is 2. The molecular formula is C15H28N2O3. The van der Waals surface area contributed by atoms with Crippen LogP contribution < -0.4 is 11.1 Å². The summed E-state index contributed by atoms with van der Waals surface area (Å²) in [5.74, 6) is 0.477. The molecule has 0 radical (unpaired) electrons. The molecule has 2 unspecified atom stereocenters. The predicted octanol–water partition coefficient (Wildman–Crippen LogP) is 1.76. The number of carboxylic acids is 1. The Morgan fingerprint density at radius 3 is 2.40 bits per heavy atom. The molecule has 0 aromatic rings. The Bertz CT molecular complexity index is 327. The molecular weight excluding hydrogens is 256 g/mol. The first-order valence-electron chi connectivity index (χ1n) is 7.65. The molecule has 0 saturated heterocycles. The van der Waals surface area contributed by atoms with Crippen LogP contribution in [0.5, 0.6) is 0 Å². The van der Waals surface area contributed by atoms with Crippen molar-refractivity contribution in [2.45, 2.75) is 58.4 Å². The third kappa shape index (κ3) is 6.37. The Kier molecular flexibility index (Phi) is 6.99. The van der Waals surface area contributed by atoms with E-state index < -0.39 is 5.97 Å². The summed E-state index contributed by atoms with van der Waals surface area (Å²) in [4.78, 5) is 22.8. The van der Waals surface area contributed by atoms with Gasteiger partial charge in [-0.25, -0.2) is 0 Å². The molecule has 4 N–H and O–H groups in total. The maximum atomic E-state index is 12.0. The van der Waals surface area contributed by atoms with E-state index in [1.54, 1.807) is 0 Å². The van der Waals surface area contributed by atoms with Crippen molar-refractivity contribution in [1.29, 1.82) is 0 Å². The fraction of sp³-hybridized carbons (Fsp3) is 0.867. The van der Waals surface area contributed by atoms with Gasteiger partial charge in [0.2, 0.25) is 5.91 Å². The molecule has 0 spiro atoms. The minimum atomic E-state index is -0.842. The lowest BCUT2D eigenvalue weighted by atomic mass is 9.88. The molecule has 0 aromatic heterocycles. The standard InChI is InChI=1S/C15H28N2O3/c1-10(2)11(7-8-16)5-6-14(18)17-13(9-15(19)20)12-3-4-12/h10-13H,3-9,16H2,1-2H3,(H,17,18)(H,19,20). The molecule has 1 saturated carbocycles. The zero-order valence-electron chi connectivity index (χ0n) is 12.6. The predicted molar refractivity (Wildman–Crippen MR) is 78.1 cm³/mol. The van der Waals surface area contributed by atoms with Gasteiger partial charge in [-0.3, -0.25) is 9.59 Å². The lowest BCUT2D eigenvalue weighted by molar-refractivity contribution is -0.137. The highest BCUT2D eigenvalue weighted by Crippen LogP contribution is 2.34.